The second-order valence-electron chi connectivity index (χ2n) is 4.20. The molecule has 20 heavy (non-hydrogen) atoms. The Kier molecular flexibility index (Phi) is 5.07. The van der Waals surface area contributed by atoms with E-state index in [2.05, 4.69) is 26.5 Å². The lowest BCUT2D eigenvalue weighted by Crippen LogP contribution is -2.20. The van der Waals surface area contributed by atoms with Crippen LogP contribution in [0.2, 0.25) is 0 Å². The first-order valence-corrected chi connectivity index (χ1v) is 7.18. The average molecular weight is 331 g/mol. The Balaban J connectivity index is 2.16. The number of amides is 1. The molecule has 0 unspecified atom stereocenters. The van der Waals surface area contributed by atoms with Gasteiger partial charge in [0.05, 0.1) is 11.3 Å². The molecule has 0 heterocycles. The summed E-state index contributed by atoms with van der Waals surface area (Å²) in [5, 5.41) is 4.23. The van der Waals surface area contributed by atoms with E-state index in [0.717, 1.165) is 22.2 Å². The van der Waals surface area contributed by atoms with Crippen LogP contribution in [0, 0.1) is 0 Å². The van der Waals surface area contributed by atoms with Crippen LogP contribution in [0.15, 0.2) is 64.2 Å². The monoisotopic (exact) mass is 330 g/mol. The van der Waals surface area contributed by atoms with E-state index in [-0.39, 0.29) is 5.91 Å². The summed E-state index contributed by atoms with van der Waals surface area (Å²) < 4.78 is 0.755. The van der Waals surface area contributed by atoms with E-state index >= 15 is 0 Å². The van der Waals surface area contributed by atoms with Crippen molar-refractivity contribution in [3.63, 3.8) is 0 Å². The Morgan fingerprint density at radius 2 is 1.75 bits per heavy atom. The Morgan fingerprint density at radius 3 is 2.40 bits per heavy atom. The van der Waals surface area contributed by atoms with E-state index in [1.165, 1.54) is 0 Å². The summed E-state index contributed by atoms with van der Waals surface area (Å²) in [6.07, 6.45) is 0.750. The Bertz CT molecular complexity index is 623. The minimum Gasteiger partial charge on any atom is -0.267 e. The number of nitrogens with zero attached hydrogens (tertiary/aromatic N) is 1. The first-order chi connectivity index (χ1) is 9.72. The van der Waals surface area contributed by atoms with Crippen LogP contribution in [0.4, 0.5) is 0 Å². The molecular weight excluding hydrogens is 316 g/mol. The van der Waals surface area contributed by atoms with Gasteiger partial charge in [0.15, 0.2) is 0 Å². The summed E-state index contributed by atoms with van der Waals surface area (Å²) in [6.45, 7) is 2.01. The Labute approximate surface area is 126 Å². The number of hydrogen-bond donors (Lipinski definition) is 1. The fraction of sp³-hybridized carbons (Fsp3) is 0.125. The molecule has 4 heteroatoms. The van der Waals surface area contributed by atoms with Gasteiger partial charge in [0.1, 0.15) is 0 Å². The van der Waals surface area contributed by atoms with Gasteiger partial charge in [-0.1, -0.05) is 49.4 Å². The molecule has 0 bridgehead atoms. The zero-order valence-electron chi connectivity index (χ0n) is 11.1. The van der Waals surface area contributed by atoms with Gasteiger partial charge in [-0.3, -0.25) is 4.79 Å². The highest BCUT2D eigenvalue weighted by atomic mass is 79.9. The lowest BCUT2D eigenvalue weighted by molar-refractivity contribution is 0.0954. The van der Waals surface area contributed by atoms with E-state index in [0.29, 0.717) is 5.56 Å². The number of carbonyl (C=O) groups is 1. The van der Waals surface area contributed by atoms with Crippen molar-refractivity contribution in [2.45, 2.75) is 13.3 Å². The van der Waals surface area contributed by atoms with Crippen LogP contribution in [-0.4, -0.2) is 11.6 Å². The molecule has 0 fully saturated rings. The smallest absolute Gasteiger partial charge is 0.267 e. The quantitative estimate of drug-likeness (QED) is 0.668. The predicted molar refractivity (Wildman–Crippen MR) is 84.9 cm³/mol. The zero-order chi connectivity index (χ0) is 14.4. The van der Waals surface area contributed by atoms with Gasteiger partial charge in [0.25, 0.3) is 5.91 Å². The third kappa shape index (κ3) is 3.54. The van der Waals surface area contributed by atoms with Crippen molar-refractivity contribution in [2.75, 3.05) is 0 Å². The van der Waals surface area contributed by atoms with Gasteiger partial charge in [-0.05, 0) is 40.0 Å². The third-order valence-electron chi connectivity index (χ3n) is 2.85. The SMILES string of the molecule is CC/C(=N/NC(=O)c1ccccc1Br)c1ccccc1. The lowest BCUT2D eigenvalue weighted by atomic mass is 10.1. The molecule has 0 aromatic heterocycles. The molecule has 102 valence electrons. The second-order valence-corrected chi connectivity index (χ2v) is 5.05. The maximum Gasteiger partial charge on any atom is 0.272 e. The van der Waals surface area contributed by atoms with Gasteiger partial charge in [-0.25, -0.2) is 5.43 Å². The molecule has 2 aromatic carbocycles. The molecule has 1 amide bonds. The number of rotatable bonds is 4. The first-order valence-electron chi connectivity index (χ1n) is 6.39. The molecule has 0 saturated heterocycles. The summed E-state index contributed by atoms with van der Waals surface area (Å²) in [7, 11) is 0. The third-order valence-corrected chi connectivity index (χ3v) is 3.54. The number of nitrogens with one attached hydrogen (secondary N) is 1. The normalized spacial score (nSPS) is 11.2. The van der Waals surface area contributed by atoms with Crippen molar-refractivity contribution >= 4 is 27.5 Å². The molecule has 2 rings (SSSR count). The molecule has 2 aromatic rings. The fourth-order valence-electron chi connectivity index (χ4n) is 1.80. The van der Waals surface area contributed by atoms with Gasteiger partial charge in [-0.15, -0.1) is 0 Å². The summed E-state index contributed by atoms with van der Waals surface area (Å²) in [4.78, 5) is 12.1. The number of benzene rings is 2. The van der Waals surface area contributed by atoms with E-state index in [4.69, 9.17) is 0 Å². The number of carbonyl (C=O) groups excluding carboxylic acids is 1. The minimum atomic E-state index is -0.223. The summed E-state index contributed by atoms with van der Waals surface area (Å²) >= 11 is 3.36. The Morgan fingerprint density at radius 1 is 1.10 bits per heavy atom. The van der Waals surface area contributed by atoms with Crippen LogP contribution in [0.25, 0.3) is 0 Å². The first kappa shape index (κ1) is 14.5. The molecule has 0 aliphatic rings. The van der Waals surface area contributed by atoms with Gasteiger partial charge < -0.3 is 0 Å². The largest absolute Gasteiger partial charge is 0.272 e. The van der Waals surface area contributed by atoms with Crippen molar-refractivity contribution in [2.24, 2.45) is 5.10 Å². The van der Waals surface area contributed by atoms with E-state index in [9.17, 15) is 4.79 Å². The van der Waals surface area contributed by atoms with E-state index < -0.39 is 0 Å². The van der Waals surface area contributed by atoms with Crippen LogP contribution < -0.4 is 5.43 Å². The predicted octanol–water partition coefficient (Wildman–Crippen LogP) is 3.99. The van der Waals surface area contributed by atoms with Crippen molar-refractivity contribution in [1.29, 1.82) is 0 Å². The fourth-order valence-corrected chi connectivity index (χ4v) is 2.27. The minimum absolute atomic E-state index is 0.223. The van der Waals surface area contributed by atoms with Crippen LogP contribution in [0.5, 0.6) is 0 Å². The number of hydrogen-bond acceptors (Lipinski definition) is 2. The highest BCUT2D eigenvalue weighted by molar-refractivity contribution is 9.10. The summed E-state index contributed by atoms with van der Waals surface area (Å²) in [5.41, 5.74) is 5.05. The topological polar surface area (TPSA) is 41.5 Å². The van der Waals surface area contributed by atoms with Gasteiger partial charge in [0, 0.05) is 4.47 Å². The molecule has 3 nitrogen and oxygen atoms in total. The molecule has 1 N–H and O–H groups in total. The van der Waals surface area contributed by atoms with Crippen LogP contribution in [0.3, 0.4) is 0 Å². The number of halogens is 1. The second kappa shape index (κ2) is 7.01. The van der Waals surface area contributed by atoms with Gasteiger partial charge >= 0.3 is 0 Å². The summed E-state index contributed by atoms with van der Waals surface area (Å²) in [6, 6.07) is 17.1. The molecule has 0 spiro atoms. The molecule has 0 atom stereocenters. The maximum absolute atomic E-state index is 12.1. The van der Waals surface area contributed by atoms with Crippen LogP contribution in [0.1, 0.15) is 29.3 Å². The van der Waals surface area contributed by atoms with Crippen molar-refractivity contribution < 1.29 is 4.79 Å². The maximum atomic E-state index is 12.1. The van der Waals surface area contributed by atoms with Gasteiger partial charge in [0.2, 0.25) is 0 Å². The zero-order valence-corrected chi connectivity index (χ0v) is 12.7. The molecule has 0 aliphatic carbocycles. The average Bonchev–Trinajstić information content (AvgIpc) is 2.49. The molecule has 0 aliphatic heterocycles. The molecule has 0 radical (unpaired) electrons. The standard InChI is InChI=1S/C16H15BrN2O/c1-2-15(12-8-4-3-5-9-12)18-19-16(20)13-10-6-7-11-14(13)17/h3-11H,2H2,1H3,(H,19,20)/b18-15-. The summed E-state index contributed by atoms with van der Waals surface area (Å²) in [5.74, 6) is -0.223. The van der Waals surface area contributed by atoms with Crippen molar-refractivity contribution in [3.05, 3.63) is 70.2 Å². The number of hydrazone groups is 1. The highest BCUT2D eigenvalue weighted by Crippen LogP contribution is 2.15. The molecular formula is C16H15BrN2O. The Hall–Kier alpha value is -1.94. The lowest BCUT2D eigenvalue weighted by Gasteiger charge is -2.06. The highest BCUT2D eigenvalue weighted by Gasteiger charge is 2.08. The van der Waals surface area contributed by atoms with E-state index in [1.807, 2.05) is 55.5 Å². The van der Waals surface area contributed by atoms with Gasteiger partial charge in [-0.2, -0.15) is 5.10 Å². The van der Waals surface area contributed by atoms with Crippen LogP contribution >= 0.6 is 15.9 Å². The molecule has 0 saturated carbocycles. The van der Waals surface area contributed by atoms with Crippen LogP contribution in [-0.2, 0) is 0 Å². The van der Waals surface area contributed by atoms with Crippen molar-refractivity contribution in [3.8, 4) is 0 Å². The van der Waals surface area contributed by atoms with E-state index in [1.54, 1.807) is 6.07 Å². The van der Waals surface area contributed by atoms with Crippen molar-refractivity contribution in [1.82, 2.24) is 5.43 Å².